The predicted octanol–water partition coefficient (Wildman–Crippen LogP) is 0.857. The van der Waals surface area contributed by atoms with Crippen molar-refractivity contribution in [2.24, 2.45) is 0 Å². The van der Waals surface area contributed by atoms with E-state index in [1.807, 2.05) is 6.26 Å². The Morgan fingerprint density at radius 2 is 2.33 bits per heavy atom. The average molecular weight is 316 g/mol. The Bertz CT molecular complexity index is 466. The number of carbonyl (C=O) groups is 2. The van der Waals surface area contributed by atoms with Crippen LogP contribution in [0.1, 0.15) is 6.42 Å². The van der Waals surface area contributed by atoms with Gasteiger partial charge in [-0.1, -0.05) is 0 Å². The Labute approximate surface area is 127 Å². The minimum Gasteiger partial charge on any atom is -0.480 e. The second kappa shape index (κ2) is 9.24. The van der Waals surface area contributed by atoms with Gasteiger partial charge < -0.3 is 20.5 Å². The summed E-state index contributed by atoms with van der Waals surface area (Å²) in [6, 6.07) is -1.46. The lowest BCUT2D eigenvalue weighted by molar-refractivity contribution is -0.139. The van der Waals surface area contributed by atoms with Crippen molar-refractivity contribution >= 4 is 29.4 Å². The summed E-state index contributed by atoms with van der Waals surface area (Å²) in [5, 5.41) is 18.1. The van der Waals surface area contributed by atoms with Gasteiger partial charge in [0.2, 0.25) is 0 Å². The van der Waals surface area contributed by atoms with Gasteiger partial charge in [-0.2, -0.15) is 16.9 Å². The monoisotopic (exact) mass is 316 g/mol. The highest BCUT2D eigenvalue weighted by molar-refractivity contribution is 7.98. The lowest BCUT2D eigenvalue weighted by atomic mass is 10.2. The van der Waals surface area contributed by atoms with E-state index < -0.39 is 18.0 Å². The van der Waals surface area contributed by atoms with Gasteiger partial charge in [0.15, 0.2) is 0 Å². The van der Waals surface area contributed by atoms with E-state index in [0.29, 0.717) is 31.0 Å². The average Bonchev–Trinajstić information content (AvgIpc) is 2.88. The smallest absolute Gasteiger partial charge is 0.326 e. The number of ether oxygens (including phenoxy) is 1. The van der Waals surface area contributed by atoms with Gasteiger partial charge in [-0.25, -0.2) is 9.59 Å². The molecule has 1 rings (SSSR count). The molecule has 3 N–H and O–H groups in total. The van der Waals surface area contributed by atoms with Gasteiger partial charge in [0.1, 0.15) is 6.04 Å². The molecule has 0 aliphatic rings. The summed E-state index contributed by atoms with van der Waals surface area (Å²) >= 11 is 1.53. The number of hydrogen-bond acceptors (Lipinski definition) is 5. The van der Waals surface area contributed by atoms with Crippen LogP contribution in [0, 0.1) is 0 Å². The van der Waals surface area contributed by atoms with Crippen molar-refractivity contribution in [3.63, 3.8) is 0 Å². The Kier molecular flexibility index (Phi) is 7.62. The second-order valence-corrected chi connectivity index (χ2v) is 5.24. The first-order valence-electron chi connectivity index (χ1n) is 6.37. The molecular formula is C12H20N4O4S. The number of rotatable bonds is 9. The first kappa shape index (κ1) is 17.3. The van der Waals surface area contributed by atoms with Crippen LogP contribution in [0.25, 0.3) is 0 Å². The summed E-state index contributed by atoms with van der Waals surface area (Å²) in [6.45, 7) is 1.09. The number of amides is 2. The molecule has 1 heterocycles. The fourth-order valence-corrected chi connectivity index (χ4v) is 2.03. The number of nitrogens with zero attached hydrogens (tertiary/aromatic N) is 2. The number of thioether (sulfide) groups is 1. The number of aromatic nitrogens is 2. The Morgan fingerprint density at radius 3 is 2.95 bits per heavy atom. The third kappa shape index (κ3) is 6.50. The van der Waals surface area contributed by atoms with Crippen LogP contribution in [0.2, 0.25) is 0 Å². The lowest BCUT2D eigenvalue weighted by Gasteiger charge is -2.13. The van der Waals surface area contributed by atoms with Crippen LogP contribution in [-0.2, 0) is 16.1 Å². The fourth-order valence-electron chi connectivity index (χ4n) is 1.55. The van der Waals surface area contributed by atoms with E-state index in [1.54, 1.807) is 18.0 Å². The Balaban J connectivity index is 2.47. The molecule has 1 aromatic heterocycles. The summed E-state index contributed by atoms with van der Waals surface area (Å²) < 4.78 is 6.55. The standard InChI is InChI=1S/C12H20N4O4S/c1-20-5-4-16-8-9(7-13-16)14-12(19)15-10(11(17)18)3-6-21-2/h7-8,10H,3-6H2,1-2H3,(H,17,18)(H2,14,15,19)/t10-/m0/s1. The number of methoxy groups -OCH3 is 1. The highest BCUT2D eigenvalue weighted by Crippen LogP contribution is 2.06. The van der Waals surface area contributed by atoms with Crippen LogP contribution < -0.4 is 10.6 Å². The van der Waals surface area contributed by atoms with Crippen LogP contribution in [-0.4, -0.2) is 58.7 Å². The third-order valence-corrected chi connectivity index (χ3v) is 3.27. The number of urea groups is 1. The minimum atomic E-state index is -1.05. The van der Waals surface area contributed by atoms with Crippen LogP contribution in [0.5, 0.6) is 0 Å². The van der Waals surface area contributed by atoms with Crippen molar-refractivity contribution in [3.05, 3.63) is 12.4 Å². The highest BCUT2D eigenvalue weighted by Gasteiger charge is 2.19. The maximum atomic E-state index is 11.8. The minimum absolute atomic E-state index is 0.372. The molecule has 0 aromatic carbocycles. The Morgan fingerprint density at radius 1 is 1.57 bits per heavy atom. The van der Waals surface area contributed by atoms with Crippen molar-refractivity contribution in [3.8, 4) is 0 Å². The molecule has 0 saturated heterocycles. The molecule has 0 aliphatic heterocycles. The molecule has 0 aliphatic carbocycles. The molecule has 0 fully saturated rings. The van der Waals surface area contributed by atoms with Crippen molar-refractivity contribution in [2.45, 2.75) is 19.0 Å². The van der Waals surface area contributed by atoms with Gasteiger partial charge in [-0.15, -0.1) is 0 Å². The van der Waals surface area contributed by atoms with Crippen molar-refractivity contribution in [1.82, 2.24) is 15.1 Å². The SMILES string of the molecule is COCCn1cc(NC(=O)N[C@@H](CCSC)C(=O)O)cn1. The number of aliphatic carboxylic acids is 1. The second-order valence-electron chi connectivity index (χ2n) is 4.26. The summed E-state index contributed by atoms with van der Waals surface area (Å²) in [5.41, 5.74) is 0.498. The molecular weight excluding hydrogens is 296 g/mol. The third-order valence-electron chi connectivity index (χ3n) is 2.63. The molecule has 9 heteroatoms. The summed E-state index contributed by atoms with van der Waals surface area (Å²) in [4.78, 5) is 22.8. The molecule has 118 valence electrons. The molecule has 8 nitrogen and oxygen atoms in total. The van der Waals surface area contributed by atoms with E-state index in [0.717, 1.165) is 0 Å². The first-order valence-corrected chi connectivity index (χ1v) is 7.77. The van der Waals surface area contributed by atoms with Crippen LogP contribution in [0.15, 0.2) is 12.4 Å². The maximum Gasteiger partial charge on any atom is 0.326 e. The van der Waals surface area contributed by atoms with Crippen molar-refractivity contribution in [1.29, 1.82) is 0 Å². The zero-order valence-electron chi connectivity index (χ0n) is 12.0. The van der Waals surface area contributed by atoms with Crippen molar-refractivity contribution in [2.75, 3.05) is 31.0 Å². The van der Waals surface area contributed by atoms with Gasteiger partial charge in [-0.3, -0.25) is 4.68 Å². The molecule has 0 spiro atoms. The van der Waals surface area contributed by atoms with Gasteiger partial charge in [-0.05, 0) is 18.4 Å². The number of hydrogen-bond donors (Lipinski definition) is 3. The van der Waals surface area contributed by atoms with E-state index in [1.165, 1.54) is 18.0 Å². The van der Waals surface area contributed by atoms with Crippen molar-refractivity contribution < 1.29 is 19.4 Å². The lowest BCUT2D eigenvalue weighted by Crippen LogP contribution is -2.43. The maximum absolute atomic E-state index is 11.8. The molecule has 0 unspecified atom stereocenters. The van der Waals surface area contributed by atoms with Gasteiger partial charge in [0.05, 0.1) is 25.0 Å². The van der Waals surface area contributed by atoms with Crippen LogP contribution in [0.3, 0.4) is 0 Å². The summed E-state index contributed by atoms with van der Waals surface area (Å²) in [7, 11) is 1.59. The molecule has 1 aromatic rings. The van der Waals surface area contributed by atoms with Gasteiger partial charge in [0.25, 0.3) is 0 Å². The number of carboxylic acids is 1. The molecule has 21 heavy (non-hydrogen) atoms. The predicted molar refractivity (Wildman–Crippen MR) is 80.7 cm³/mol. The van der Waals surface area contributed by atoms with Crippen LogP contribution >= 0.6 is 11.8 Å². The topological polar surface area (TPSA) is 105 Å². The number of carboxylic acid groups (broad SMARTS) is 1. The Hall–Kier alpha value is -1.74. The van der Waals surface area contributed by atoms with E-state index in [9.17, 15) is 9.59 Å². The zero-order valence-corrected chi connectivity index (χ0v) is 12.9. The quantitative estimate of drug-likeness (QED) is 0.624. The molecule has 1 atom stereocenters. The highest BCUT2D eigenvalue weighted by atomic mass is 32.2. The molecule has 0 bridgehead atoms. The van der Waals surface area contributed by atoms with Crippen LogP contribution in [0.4, 0.5) is 10.5 Å². The summed E-state index contributed by atoms with van der Waals surface area (Å²) in [5.74, 6) is -0.387. The van der Waals surface area contributed by atoms with E-state index in [4.69, 9.17) is 9.84 Å². The first-order chi connectivity index (χ1) is 10.1. The summed E-state index contributed by atoms with van der Waals surface area (Å²) in [6.07, 6.45) is 5.40. The zero-order chi connectivity index (χ0) is 15.7. The van der Waals surface area contributed by atoms with E-state index in [-0.39, 0.29) is 0 Å². The number of anilines is 1. The van der Waals surface area contributed by atoms with E-state index in [2.05, 4.69) is 15.7 Å². The molecule has 0 saturated carbocycles. The molecule has 2 amide bonds. The largest absolute Gasteiger partial charge is 0.480 e. The normalized spacial score (nSPS) is 11.9. The number of carbonyl (C=O) groups excluding carboxylic acids is 1. The van der Waals surface area contributed by atoms with Gasteiger partial charge in [0, 0.05) is 13.3 Å². The van der Waals surface area contributed by atoms with Gasteiger partial charge >= 0.3 is 12.0 Å². The molecule has 0 radical (unpaired) electrons. The van der Waals surface area contributed by atoms with E-state index >= 15 is 0 Å². The number of nitrogens with one attached hydrogen (secondary N) is 2. The fraction of sp³-hybridized carbons (Fsp3) is 0.583.